The molecule has 0 amide bonds. The second-order valence-corrected chi connectivity index (χ2v) is 0. The van der Waals surface area contributed by atoms with Gasteiger partial charge < -0.3 is 27.0 Å². The Bertz CT molecular complexity index is 11.5. The average molecular weight is 462 g/mol. The zero-order valence-electron chi connectivity index (χ0n) is 3.24. The van der Waals surface area contributed by atoms with Gasteiger partial charge in [0.15, 0.2) is 0 Å². The van der Waals surface area contributed by atoms with Crippen molar-refractivity contribution in [3.8, 4) is 0 Å². The Labute approximate surface area is 121 Å². The van der Waals surface area contributed by atoms with Crippen LogP contribution in [0.25, 0.3) is 0 Å². The quantitative estimate of drug-likeness (QED) is 0.445. The molecule has 0 bridgehead atoms. The molecule has 6 heteroatoms. The molecule has 0 aliphatic rings. The van der Waals surface area contributed by atoms with E-state index >= 15 is 0 Å². The van der Waals surface area contributed by atoms with Gasteiger partial charge in [0.1, 0.15) is 0 Å². The molecule has 0 aromatic rings. The fraction of sp³-hybridized carbons (Fsp3) is 0. The molecule has 0 fully saturated rings. The molecular weight excluding hydrogens is 462 g/mol. The fourth-order valence-corrected chi connectivity index (χ4v) is 0. The van der Waals surface area contributed by atoms with E-state index in [0.29, 0.717) is 0 Å². The molecule has 0 unspecified atom stereocenters. The maximum Gasteiger partial charge on any atom is 2.00 e. The minimum absolute atomic E-state index is 0. The van der Waals surface area contributed by atoms with Gasteiger partial charge in [0.2, 0.25) is 0 Å². The molecule has 0 saturated heterocycles. The second kappa shape index (κ2) is 36.5. The molecule has 0 aliphatic heterocycles. The summed E-state index contributed by atoms with van der Waals surface area (Å²) in [5.74, 6) is 0. The van der Waals surface area contributed by atoms with Gasteiger partial charge in [-0.25, -0.2) is 0 Å². The van der Waals surface area contributed by atoms with E-state index in [1.807, 2.05) is 0 Å². The van der Waals surface area contributed by atoms with Gasteiger partial charge in [-0.2, -0.15) is 0 Å². The van der Waals surface area contributed by atoms with Crippen LogP contribution in [0, 0.1) is 0 Å². The first kappa shape index (κ1) is 51.5. The van der Waals surface area contributed by atoms with Crippen molar-refractivity contribution in [2.45, 2.75) is 0 Å². The maximum absolute atomic E-state index is 0. The van der Waals surface area contributed by atoms with E-state index in [4.69, 9.17) is 0 Å². The van der Waals surface area contributed by atoms with Crippen LogP contribution >= 0.6 is 0 Å². The first-order chi connectivity index (χ1) is 0. The van der Waals surface area contributed by atoms with Crippen LogP contribution in [0.5, 0.6) is 0 Å². The Kier molecular flexibility index (Phi) is 313. The summed E-state index contributed by atoms with van der Waals surface area (Å²) in [7, 11) is 0. The molecule has 0 atom stereocenters. The van der Waals surface area contributed by atoms with Crippen LogP contribution in [0.15, 0.2) is 0 Å². The topological polar surface area (TPSA) is 0 Å². The molecule has 0 nitrogen and oxygen atoms in total. The fourth-order valence-electron chi connectivity index (χ4n) is 0. The van der Waals surface area contributed by atoms with Crippen LogP contribution in [-0.2, 0) is 123 Å². The summed E-state index contributed by atoms with van der Waals surface area (Å²) in [5, 5.41) is 0. The first-order valence-electron chi connectivity index (χ1n) is 0. The predicted octanol–water partition coefficient (Wildman–Crippen LogP) is -0.0148. The van der Waals surface area contributed by atoms with Crippen molar-refractivity contribution in [3.63, 3.8) is 0 Å². The van der Waals surface area contributed by atoms with E-state index < -0.39 is 0 Å². The molecule has 0 N–H and O–H groups in total. The third-order valence-electron chi connectivity index (χ3n) is 0. The van der Waals surface area contributed by atoms with E-state index in [0.717, 1.165) is 0 Å². The van der Waals surface area contributed by atoms with Crippen molar-refractivity contribution in [3.05, 3.63) is 0 Å². The summed E-state index contributed by atoms with van der Waals surface area (Å²) in [5.41, 5.74) is 0. The largest absolute Gasteiger partial charge is 2.00 e. The predicted molar refractivity (Wildman–Crippen MR) is 14.7 cm³/mol. The molecule has 0 spiro atoms. The van der Waals surface area contributed by atoms with E-state index in [9.17, 15) is 0 Å². The van der Waals surface area contributed by atoms with Crippen LogP contribution < -0.4 is 0 Å². The zero-order valence-corrected chi connectivity index (χ0v) is 17.4. The average Bonchev–Trinajstić information content (AvgIpc) is 0. The van der Waals surface area contributed by atoms with Gasteiger partial charge in [-0.05, 0) is 0 Å². The zero-order chi connectivity index (χ0) is 0. The van der Waals surface area contributed by atoms with E-state index in [1.165, 1.54) is 0 Å². The molecule has 0 radical (unpaired) electrons. The Morgan fingerprint density at radius 2 is 0.667 bits per heavy atom. The molecule has 0 heterocycles. The molecule has 0 aliphatic carbocycles. The van der Waals surface area contributed by atoms with E-state index in [-0.39, 0.29) is 123 Å². The van der Waals surface area contributed by atoms with E-state index in [1.54, 1.807) is 0 Å². The van der Waals surface area contributed by atoms with Gasteiger partial charge in [0.25, 0.3) is 0 Å². The normalized spacial score (nSPS) is 0. The Morgan fingerprint density at radius 3 is 0.667 bits per heavy atom. The van der Waals surface area contributed by atoms with Crippen molar-refractivity contribution < 1.29 is 96.5 Å². The van der Waals surface area contributed by atoms with Gasteiger partial charge in [-0.3, -0.25) is 0 Å². The van der Waals surface area contributed by atoms with Gasteiger partial charge >= 0.3 is 96.5 Å². The summed E-state index contributed by atoms with van der Waals surface area (Å²) < 4.78 is 0. The van der Waals surface area contributed by atoms with Gasteiger partial charge in [0.05, 0.1) is 0 Å². The summed E-state index contributed by atoms with van der Waals surface area (Å²) >= 11 is 0. The van der Waals surface area contributed by atoms with Crippen LogP contribution in [0.1, 0.15) is 0 Å². The monoisotopic (exact) mass is 463 g/mol. The smallest absolute Gasteiger partial charge is 2.00 e. The van der Waals surface area contributed by atoms with Crippen molar-refractivity contribution in [1.82, 2.24) is 0 Å². The molecule has 0 rings (SSSR count). The Hall–Kier alpha value is 3.91. The third kappa shape index (κ3) is 24.7. The minimum atomic E-state index is 0. The van der Waals surface area contributed by atoms with Crippen molar-refractivity contribution in [2.75, 3.05) is 0 Å². The summed E-state index contributed by atoms with van der Waals surface area (Å²) in [6.07, 6.45) is 0. The second-order valence-electron chi connectivity index (χ2n) is 0. The van der Waals surface area contributed by atoms with Crippen LogP contribution in [0.4, 0.5) is 0 Å². The molecular formula is AgCd2S2Zn+3. The molecule has 6 heavy (non-hydrogen) atoms. The standard InChI is InChI=1S/Ag.2Cd.2S.Zn/q+1;2*+2;2*-2;+2. The molecule has 0 aromatic heterocycles. The number of rotatable bonds is 0. The third-order valence-corrected chi connectivity index (χ3v) is 0. The van der Waals surface area contributed by atoms with Crippen LogP contribution in [0.2, 0.25) is 0 Å². The number of hydrogen-bond acceptors (Lipinski definition) is 0. The van der Waals surface area contributed by atoms with Crippen molar-refractivity contribution >= 4 is 27.0 Å². The SMILES string of the molecule is [Ag+].[Cd+2].[Cd+2].[S-2].[S-2].[Zn+2]. The molecule has 0 aromatic carbocycles. The molecule has 26 valence electrons. The Balaban J connectivity index is 0. The van der Waals surface area contributed by atoms with Crippen LogP contribution in [0.3, 0.4) is 0 Å². The maximum atomic E-state index is 0. The summed E-state index contributed by atoms with van der Waals surface area (Å²) in [6.45, 7) is 0. The van der Waals surface area contributed by atoms with Crippen LogP contribution in [-0.4, -0.2) is 0 Å². The number of hydrogen-bond donors (Lipinski definition) is 0. The Morgan fingerprint density at radius 1 is 0.667 bits per heavy atom. The van der Waals surface area contributed by atoms with E-state index in [2.05, 4.69) is 0 Å². The first-order valence-corrected chi connectivity index (χ1v) is 0. The van der Waals surface area contributed by atoms with Crippen molar-refractivity contribution in [2.24, 2.45) is 0 Å². The summed E-state index contributed by atoms with van der Waals surface area (Å²) in [4.78, 5) is 0. The van der Waals surface area contributed by atoms with Gasteiger partial charge in [0, 0.05) is 0 Å². The van der Waals surface area contributed by atoms with Gasteiger partial charge in [-0.1, -0.05) is 0 Å². The minimum Gasteiger partial charge on any atom is -2.00 e. The summed E-state index contributed by atoms with van der Waals surface area (Å²) in [6, 6.07) is 0. The van der Waals surface area contributed by atoms with Gasteiger partial charge in [-0.15, -0.1) is 0 Å². The molecule has 0 saturated carbocycles. The van der Waals surface area contributed by atoms with Crippen molar-refractivity contribution in [1.29, 1.82) is 0 Å².